The molecule has 0 spiro atoms. The van der Waals surface area contributed by atoms with Crippen LogP contribution in [0.2, 0.25) is 0 Å². The fourth-order valence-electron chi connectivity index (χ4n) is 1.69. The molecule has 0 fully saturated rings. The minimum atomic E-state index is -0.480. The molecular formula is C16H13FN2O. The van der Waals surface area contributed by atoms with E-state index in [4.69, 9.17) is 5.73 Å². The topological polar surface area (TPSA) is 55.1 Å². The van der Waals surface area contributed by atoms with Gasteiger partial charge in [0, 0.05) is 5.56 Å². The van der Waals surface area contributed by atoms with Gasteiger partial charge in [0.2, 0.25) is 0 Å². The first-order valence-electron chi connectivity index (χ1n) is 6.06. The van der Waals surface area contributed by atoms with Gasteiger partial charge in [-0.3, -0.25) is 4.79 Å². The van der Waals surface area contributed by atoms with Gasteiger partial charge in [-0.2, -0.15) is 0 Å². The SMILES string of the molecule is NCC#Cc1ccccc1C(=O)Nc1ccccc1F. The van der Waals surface area contributed by atoms with Crippen LogP contribution in [0.15, 0.2) is 48.5 Å². The number of hydrogen-bond acceptors (Lipinski definition) is 2. The summed E-state index contributed by atoms with van der Waals surface area (Å²) >= 11 is 0. The smallest absolute Gasteiger partial charge is 0.257 e. The Morgan fingerprint density at radius 1 is 1.15 bits per heavy atom. The molecule has 0 radical (unpaired) electrons. The van der Waals surface area contributed by atoms with Crippen LogP contribution < -0.4 is 11.1 Å². The second kappa shape index (κ2) is 6.50. The van der Waals surface area contributed by atoms with Crippen molar-refractivity contribution in [2.24, 2.45) is 5.73 Å². The van der Waals surface area contributed by atoms with Gasteiger partial charge in [-0.05, 0) is 24.3 Å². The quantitative estimate of drug-likeness (QED) is 0.822. The maximum absolute atomic E-state index is 13.5. The van der Waals surface area contributed by atoms with Crippen molar-refractivity contribution < 1.29 is 9.18 Å². The summed E-state index contributed by atoms with van der Waals surface area (Å²) in [4.78, 5) is 12.2. The second-order valence-corrected chi connectivity index (χ2v) is 3.99. The zero-order valence-electron chi connectivity index (χ0n) is 10.7. The van der Waals surface area contributed by atoms with Gasteiger partial charge in [0.15, 0.2) is 0 Å². The molecular weight excluding hydrogens is 255 g/mol. The lowest BCUT2D eigenvalue weighted by molar-refractivity contribution is 0.102. The molecule has 100 valence electrons. The van der Waals surface area contributed by atoms with E-state index >= 15 is 0 Å². The maximum atomic E-state index is 13.5. The first-order valence-corrected chi connectivity index (χ1v) is 6.06. The number of hydrogen-bond donors (Lipinski definition) is 2. The highest BCUT2D eigenvalue weighted by molar-refractivity contribution is 6.06. The fourth-order valence-corrected chi connectivity index (χ4v) is 1.69. The fraction of sp³-hybridized carbons (Fsp3) is 0.0625. The molecule has 3 nitrogen and oxygen atoms in total. The van der Waals surface area contributed by atoms with E-state index in [-0.39, 0.29) is 12.2 Å². The zero-order valence-corrected chi connectivity index (χ0v) is 10.7. The van der Waals surface area contributed by atoms with E-state index < -0.39 is 11.7 Å². The largest absolute Gasteiger partial charge is 0.320 e. The van der Waals surface area contributed by atoms with Crippen LogP contribution in [-0.4, -0.2) is 12.5 Å². The van der Waals surface area contributed by atoms with E-state index in [0.717, 1.165) is 0 Å². The molecule has 0 heterocycles. The van der Waals surface area contributed by atoms with Gasteiger partial charge >= 0.3 is 0 Å². The van der Waals surface area contributed by atoms with Crippen molar-refractivity contribution in [2.75, 3.05) is 11.9 Å². The highest BCUT2D eigenvalue weighted by atomic mass is 19.1. The van der Waals surface area contributed by atoms with Crippen molar-refractivity contribution in [3.05, 3.63) is 65.5 Å². The van der Waals surface area contributed by atoms with Gasteiger partial charge in [-0.1, -0.05) is 36.1 Å². The van der Waals surface area contributed by atoms with E-state index in [1.54, 1.807) is 36.4 Å². The standard InChI is InChI=1S/C16H13FN2O/c17-14-9-3-4-10-15(14)19-16(20)13-8-2-1-6-12(13)7-5-11-18/h1-4,6,8-10H,11,18H2,(H,19,20). The molecule has 0 bridgehead atoms. The number of nitrogens with one attached hydrogen (secondary N) is 1. The summed E-state index contributed by atoms with van der Waals surface area (Å²) < 4.78 is 13.5. The molecule has 0 saturated carbocycles. The number of amides is 1. The van der Waals surface area contributed by atoms with Gasteiger partial charge in [0.25, 0.3) is 5.91 Å². The summed E-state index contributed by atoms with van der Waals surface area (Å²) in [6, 6.07) is 12.9. The lowest BCUT2D eigenvalue weighted by atomic mass is 10.1. The lowest BCUT2D eigenvalue weighted by Gasteiger charge is -2.07. The second-order valence-electron chi connectivity index (χ2n) is 3.99. The predicted molar refractivity (Wildman–Crippen MR) is 76.7 cm³/mol. The van der Waals surface area contributed by atoms with Gasteiger partial charge < -0.3 is 11.1 Å². The van der Waals surface area contributed by atoms with E-state index in [9.17, 15) is 9.18 Å². The summed E-state index contributed by atoms with van der Waals surface area (Å²) in [5.74, 6) is 4.64. The average Bonchev–Trinajstić information content (AvgIpc) is 2.47. The minimum absolute atomic E-state index is 0.138. The molecule has 3 N–H and O–H groups in total. The molecule has 2 rings (SSSR count). The Hall–Kier alpha value is -2.64. The van der Waals surface area contributed by atoms with Crippen molar-refractivity contribution in [1.29, 1.82) is 0 Å². The van der Waals surface area contributed by atoms with Crippen LogP contribution in [0.5, 0.6) is 0 Å². The highest BCUT2D eigenvalue weighted by Gasteiger charge is 2.11. The minimum Gasteiger partial charge on any atom is -0.320 e. The molecule has 2 aromatic rings. The summed E-state index contributed by atoms with van der Waals surface area (Å²) in [6.07, 6.45) is 0. The number of halogens is 1. The summed E-state index contributed by atoms with van der Waals surface area (Å²) in [6.45, 7) is 0.212. The first-order chi connectivity index (χ1) is 9.72. The molecule has 0 aliphatic rings. The van der Waals surface area contributed by atoms with Crippen LogP contribution in [-0.2, 0) is 0 Å². The van der Waals surface area contributed by atoms with Crippen LogP contribution in [0.1, 0.15) is 15.9 Å². The Morgan fingerprint density at radius 3 is 2.60 bits per heavy atom. The number of para-hydroxylation sites is 1. The third-order valence-electron chi connectivity index (χ3n) is 2.62. The van der Waals surface area contributed by atoms with Crippen molar-refractivity contribution >= 4 is 11.6 Å². The van der Waals surface area contributed by atoms with Gasteiger partial charge in [0.05, 0.1) is 17.8 Å². The summed E-state index contributed by atoms with van der Waals surface area (Å²) in [5.41, 5.74) is 6.41. The number of nitrogens with two attached hydrogens (primary N) is 1. The van der Waals surface area contributed by atoms with E-state index in [1.807, 2.05) is 0 Å². The van der Waals surface area contributed by atoms with Crippen LogP contribution in [0.4, 0.5) is 10.1 Å². The van der Waals surface area contributed by atoms with Crippen LogP contribution in [0.3, 0.4) is 0 Å². The van der Waals surface area contributed by atoms with Crippen LogP contribution >= 0.6 is 0 Å². The third kappa shape index (κ3) is 3.22. The predicted octanol–water partition coefficient (Wildman–Crippen LogP) is 2.39. The molecule has 2 aromatic carbocycles. The maximum Gasteiger partial charge on any atom is 0.257 e. The molecule has 1 amide bonds. The zero-order chi connectivity index (χ0) is 14.4. The highest BCUT2D eigenvalue weighted by Crippen LogP contribution is 2.15. The number of benzene rings is 2. The van der Waals surface area contributed by atoms with E-state index in [0.29, 0.717) is 11.1 Å². The van der Waals surface area contributed by atoms with Gasteiger partial charge in [-0.25, -0.2) is 4.39 Å². The number of carbonyl (C=O) groups is 1. The number of rotatable bonds is 2. The summed E-state index contributed by atoms with van der Waals surface area (Å²) in [7, 11) is 0. The van der Waals surface area contributed by atoms with Gasteiger partial charge in [-0.15, -0.1) is 0 Å². The lowest BCUT2D eigenvalue weighted by Crippen LogP contribution is -2.14. The van der Waals surface area contributed by atoms with Crippen LogP contribution in [0.25, 0.3) is 0 Å². The number of carbonyl (C=O) groups excluding carboxylic acids is 1. The van der Waals surface area contributed by atoms with Crippen molar-refractivity contribution in [3.63, 3.8) is 0 Å². The van der Waals surface area contributed by atoms with Gasteiger partial charge in [0.1, 0.15) is 5.82 Å². The molecule has 0 aliphatic heterocycles. The Bertz CT molecular complexity index is 686. The van der Waals surface area contributed by atoms with E-state index in [1.165, 1.54) is 12.1 Å². The Morgan fingerprint density at radius 2 is 1.85 bits per heavy atom. The normalized spacial score (nSPS) is 9.50. The molecule has 0 unspecified atom stereocenters. The molecule has 4 heteroatoms. The summed E-state index contributed by atoms with van der Waals surface area (Å²) in [5, 5.41) is 2.53. The molecule has 0 aromatic heterocycles. The van der Waals surface area contributed by atoms with E-state index in [2.05, 4.69) is 17.2 Å². The monoisotopic (exact) mass is 268 g/mol. The van der Waals surface area contributed by atoms with Crippen molar-refractivity contribution in [1.82, 2.24) is 0 Å². The molecule has 20 heavy (non-hydrogen) atoms. The molecule has 0 saturated heterocycles. The third-order valence-corrected chi connectivity index (χ3v) is 2.62. The van der Waals surface area contributed by atoms with Crippen molar-refractivity contribution in [2.45, 2.75) is 0 Å². The van der Waals surface area contributed by atoms with Crippen molar-refractivity contribution in [3.8, 4) is 11.8 Å². The first kappa shape index (κ1) is 13.8. The molecule has 0 atom stereocenters. The Kier molecular flexibility index (Phi) is 4.48. The number of anilines is 1. The Labute approximate surface area is 116 Å². The van der Waals surface area contributed by atoms with Crippen LogP contribution in [0, 0.1) is 17.7 Å². The Balaban J connectivity index is 2.28. The molecule has 0 aliphatic carbocycles. The average molecular weight is 268 g/mol.